The lowest BCUT2D eigenvalue weighted by molar-refractivity contribution is -0.141. The molecule has 1 heterocycles. The summed E-state index contributed by atoms with van der Waals surface area (Å²) in [6, 6.07) is -0.144. The molecule has 2 unspecified atom stereocenters. The van der Waals surface area contributed by atoms with Crippen LogP contribution in [0.1, 0.15) is 33.1 Å². The molecule has 0 radical (unpaired) electrons. The van der Waals surface area contributed by atoms with Crippen molar-refractivity contribution >= 4 is 11.9 Å². The third kappa shape index (κ3) is 2.95. The molecule has 1 N–H and O–H groups in total. The predicted octanol–water partition coefficient (Wildman–Crippen LogP) is 0.496. The summed E-state index contributed by atoms with van der Waals surface area (Å²) < 4.78 is 4.57. The Hall–Kier alpha value is -1.10. The molecule has 0 aromatic carbocycles. The maximum Gasteiger partial charge on any atom is 0.307 e. The van der Waals surface area contributed by atoms with Crippen LogP contribution in [0.25, 0.3) is 0 Å². The molecule has 92 valence electrons. The van der Waals surface area contributed by atoms with Gasteiger partial charge in [-0.15, -0.1) is 0 Å². The Bertz CT molecular complexity index is 268. The van der Waals surface area contributed by atoms with Crippen LogP contribution in [0.5, 0.6) is 0 Å². The van der Waals surface area contributed by atoms with E-state index in [4.69, 9.17) is 0 Å². The fourth-order valence-electron chi connectivity index (χ4n) is 1.94. The first kappa shape index (κ1) is 13.0. The van der Waals surface area contributed by atoms with E-state index >= 15 is 0 Å². The number of rotatable bonds is 5. The van der Waals surface area contributed by atoms with Gasteiger partial charge < -0.3 is 9.64 Å². The summed E-state index contributed by atoms with van der Waals surface area (Å²) in [6.45, 7) is 4.37. The van der Waals surface area contributed by atoms with E-state index in [-0.39, 0.29) is 30.5 Å². The molecule has 1 aliphatic rings. The molecule has 1 fully saturated rings. The maximum absolute atomic E-state index is 11.8. The molecular weight excluding hydrogens is 208 g/mol. The molecule has 0 spiro atoms. The van der Waals surface area contributed by atoms with E-state index < -0.39 is 0 Å². The molecule has 1 aliphatic heterocycles. The highest BCUT2D eigenvalue weighted by molar-refractivity contribution is 5.84. The van der Waals surface area contributed by atoms with Crippen LogP contribution in [0.15, 0.2) is 0 Å². The fourth-order valence-corrected chi connectivity index (χ4v) is 1.94. The van der Waals surface area contributed by atoms with Gasteiger partial charge in [0.15, 0.2) is 0 Å². The molecule has 0 aliphatic carbocycles. The minimum absolute atomic E-state index is 0.0668. The molecule has 0 aromatic heterocycles. The lowest BCUT2D eigenvalue weighted by Crippen LogP contribution is -2.38. The number of nitrogens with zero attached hydrogens (tertiary/aromatic N) is 1. The predicted molar refractivity (Wildman–Crippen MR) is 59.6 cm³/mol. The van der Waals surface area contributed by atoms with Crippen molar-refractivity contribution in [3.63, 3.8) is 0 Å². The summed E-state index contributed by atoms with van der Waals surface area (Å²) in [5.74, 6) is -0.204. The number of amides is 1. The lowest BCUT2D eigenvalue weighted by Gasteiger charge is -2.23. The largest absolute Gasteiger partial charge is 0.469 e. The summed E-state index contributed by atoms with van der Waals surface area (Å²) in [5.41, 5.74) is 0. The number of methoxy groups -OCH3 is 1. The van der Waals surface area contributed by atoms with E-state index in [9.17, 15) is 9.59 Å². The third-order valence-corrected chi connectivity index (χ3v) is 2.82. The van der Waals surface area contributed by atoms with Crippen molar-refractivity contribution in [3.8, 4) is 0 Å². The zero-order valence-electron chi connectivity index (χ0n) is 10.2. The fraction of sp³-hybridized carbons (Fsp3) is 0.818. The summed E-state index contributed by atoms with van der Waals surface area (Å²) in [6.07, 6.45) is 2.25. The van der Waals surface area contributed by atoms with Crippen LogP contribution in [0.3, 0.4) is 0 Å². The monoisotopic (exact) mass is 228 g/mol. The second kappa shape index (κ2) is 5.84. The smallest absolute Gasteiger partial charge is 0.307 e. The van der Waals surface area contributed by atoms with Crippen molar-refractivity contribution in [2.24, 2.45) is 0 Å². The number of ether oxygens (including phenoxy) is 1. The van der Waals surface area contributed by atoms with E-state index in [1.54, 1.807) is 4.90 Å². The number of hydrogen-bond acceptors (Lipinski definition) is 4. The van der Waals surface area contributed by atoms with E-state index in [2.05, 4.69) is 17.0 Å². The number of nitrogens with one attached hydrogen (secondary N) is 1. The molecular formula is C11H20N2O3. The van der Waals surface area contributed by atoms with Gasteiger partial charge in [-0.3, -0.25) is 14.9 Å². The summed E-state index contributed by atoms with van der Waals surface area (Å²) in [7, 11) is 1.36. The zero-order chi connectivity index (χ0) is 12.1. The molecule has 0 bridgehead atoms. The van der Waals surface area contributed by atoms with Gasteiger partial charge in [-0.05, 0) is 13.3 Å². The Morgan fingerprint density at radius 2 is 2.25 bits per heavy atom. The minimum atomic E-state index is -0.275. The first-order chi connectivity index (χ1) is 7.60. The van der Waals surface area contributed by atoms with Gasteiger partial charge in [0.1, 0.15) is 0 Å². The van der Waals surface area contributed by atoms with E-state index in [0.29, 0.717) is 6.54 Å². The molecule has 16 heavy (non-hydrogen) atoms. The van der Waals surface area contributed by atoms with Crippen molar-refractivity contribution < 1.29 is 14.3 Å². The Labute approximate surface area is 96.1 Å². The Morgan fingerprint density at radius 3 is 2.81 bits per heavy atom. The molecule has 1 rings (SSSR count). The van der Waals surface area contributed by atoms with E-state index in [1.165, 1.54) is 7.11 Å². The second-order valence-electron chi connectivity index (χ2n) is 4.05. The van der Waals surface area contributed by atoms with Crippen LogP contribution in [0.2, 0.25) is 0 Å². The summed E-state index contributed by atoms with van der Waals surface area (Å²) in [4.78, 5) is 24.6. The molecule has 5 heteroatoms. The van der Waals surface area contributed by atoms with Gasteiger partial charge in [0.05, 0.1) is 25.7 Å². The highest BCUT2D eigenvalue weighted by Crippen LogP contribution is 2.15. The van der Waals surface area contributed by atoms with Crippen LogP contribution in [0, 0.1) is 0 Å². The van der Waals surface area contributed by atoms with Gasteiger partial charge in [-0.1, -0.05) is 13.3 Å². The lowest BCUT2D eigenvalue weighted by atomic mass is 10.2. The maximum atomic E-state index is 11.8. The molecule has 0 aromatic rings. The first-order valence-electron chi connectivity index (χ1n) is 5.73. The topological polar surface area (TPSA) is 58.6 Å². The average molecular weight is 228 g/mol. The Balaban J connectivity index is 2.53. The van der Waals surface area contributed by atoms with Crippen LogP contribution < -0.4 is 5.32 Å². The minimum Gasteiger partial charge on any atom is -0.469 e. The van der Waals surface area contributed by atoms with Crippen molar-refractivity contribution in [3.05, 3.63) is 0 Å². The summed E-state index contributed by atoms with van der Waals surface area (Å²) >= 11 is 0. The first-order valence-corrected chi connectivity index (χ1v) is 5.73. The molecule has 1 amide bonds. The Kier molecular flexibility index (Phi) is 4.73. The third-order valence-electron chi connectivity index (χ3n) is 2.82. The normalized spacial score (nSPS) is 24.9. The second-order valence-corrected chi connectivity index (χ2v) is 4.05. The molecule has 1 saturated heterocycles. The van der Waals surface area contributed by atoms with Gasteiger partial charge in [-0.25, -0.2) is 0 Å². The van der Waals surface area contributed by atoms with Crippen LogP contribution in [0.4, 0.5) is 0 Å². The number of carbonyl (C=O) groups excluding carboxylic acids is 2. The van der Waals surface area contributed by atoms with E-state index in [1.807, 2.05) is 6.92 Å². The van der Waals surface area contributed by atoms with Gasteiger partial charge in [0.25, 0.3) is 0 Å². The van der Waals surface area contributed by atoms with Crippen molar-refractivity contribution in [1.29, 1.82) is 0 Å². The standard InChI is InChI=1S/C11H20N2O3/c1-4-5-9-12-8(2)11(15)13(9)7-6-10(14)16-3/h8-9,12H,4-7H2,1-3H3. The van der Waals surface area contributed by atoms with E-state index in [0.717, 1.165) is 12.8 Å². The molecule has 2 atom stereocenters. The van der Waals surface area contributed by atoms with Gasteiger partial charge in [0.2, 0.25) is 5.91 Å². The number of carbonyl (C=O) groups is 2. The van der Waals surface area contributed by atoms with Crippen LogP contribution in [-0.2, 0) is 14.3 Å². The summed E-state index contributed by atoms with van der Waals surface area (Å²) in [5, 5.41) is 3.22. The number of esters is 1. The highest BCUT2D eigenvalue weighted by Gasteiger charge is 2.35. The van der Waals surface area contributed by atoms with Gasteiger partial charge in [-0.2, -0.15) is 0 Å². The quantitative estimate of drug-likeness (QED) is 0.696. The molecule has 5 nitrogen and oxygen atoms in total. The molecule has 0 saturated carbocycles. The van der Waals surface area contributed by atoms with Crippen LogP contribution >= 0.6 is 0 Å². The zero-order valence-corrected chi connectivity index (χ0v) is 10.2. The van der Waals surface area contributed by atoms with Crippen molar-refractivity contribution in [2.75, 3.05) is 13.7 Å². The highest BCUT2D eigenvalue weighted by atomic mass is 16.5. The van der Waals surface area contributed by atoms with Gasteiger partial charge >= 0.3 is 5.97 Å². The van der Waals surface area contributed by atoms with Crippen molar-refractivity contribution in [2.45, 2.75) is 45.3 Å². The SMILES string of the molecule is CCCC1NC(C)C(=O)N1CCC(=O)OC. The van der Waals surface area contributed by atoms with Crippen molar-refractivity contribution in [1.82, 2.24) is 10.2 Å². The average Bonchev–Trinajstić information content (AvgIpc) is 2.53. The number of hydrogen-bond donors (Lipinski definition) is 1. The Morgan fingerprint density at radius 1 is 1.56 bits per heavy atom. The van der Waals surface area contributed by atoms with Crippen LogP contribution in [-0.4, -0.2) is 42.6 Å². The van der Waals surface area contributed by atoms with Gasteiger partial charge in [0, 0.05) is 6.54 Å².